The highest BCUT2D eigenvalue weighted by Gasteiger charge is 2.18. The van der Waals surface area contributed by atoms with Crippen molar-refractivity contribution in [1.82, 2.24) is 5.32 Å². The molecule has 0 saturated heterocycles. The lowest BCUT2D eigenvalue weighted by Gasteiger charge is -2.09. The van der Waals surface area contributed by atoms with E-state index in [2.05, 4.69) is 22.8 Å². The lowest BCUT2D eigenvalue weighted by atomic mass is 10.1. The number of nitrogens with one attached hydrogen (secondary N) is 2. The van der Waals surface area contributed by atoms with Gasteiger partial charge in [0, 0.05) is 31.8 Å². The van der Waals surface area contributed by atoms with E-state index in [-0.39, 0.29) is 28.7 Å². The molecule has 9 heteroatoms. The van der Waals surface area contributed by atoms with E-state index < -0.39 is 14.8 Å². The summed E-state index contributed by atoms with van der Waals surface area (Å²) in [5.74, 6) is -0.0826. The molecule has 0 fully saturated rings. The molecule has 0 aliphatic heterocycles. The van der Waals surface area contributed by atoms with E-state index >= 15 is 0 Å². The van der Waals surface area contributed by atoms with E-state index in [1.165, 1.54) is 23.3 Å². The zero-order chi connectivity index (χ0) is 21.4. The molecule has 0 aromatic heterocycles. The van der Waals surface area contributed by atoms with Crippen LogP contribution in [0.15, 0.2) is 47.4 Å². The Bertz CT molecular complexity index is 972. The highest BCUT2D eigenvalue weighted by Crippen LogP contribution is 2.27. The monoisotopic (exact) mass is 419 g/mol. The summed E-state index contributed by atoms with van der Waals surface area (Å²) < 4.78 is 23.1. The smallest absolute Gasteiger partial charge is 0.293 e. The minimum Gasteiger partial charge on any atom is -0.378 e. The van der Waals surface area contributed by atoms with Crippen LogP contribution in [0.5, 0.6) is 0 Å². The molecular weight excluding hydrogens is 394 g/mol. The van der Waals surface area contributed by atoms with Gasteiger partial charge in [0.05, 0.1) is 9.82 Å². The van der Waals surface area contributed by atoms with Gasteiger partial charge in [0.1, 0.15) is 5.69 Å². The van der Waals surface area contributed by atoms with Gasteiger partial charge in [-0.3, -0.25) is 14.9 Å². The number of carbonyl (C=O) groups excluding carboxylic acids is 1. The zero-order valence-electron chi connectivity index (χ0n) is 16.5. The average molecular weight is 420 g/mol. The average Bonchev–Trinajstić information content (AvgIpc) is 2.66. The Morgan fingerprint density at radius 3 is 2.41 bits per heavy atom. The van der Waals surface area contributed by atoms with Crippen LogP contribution >= 0.6 is 0 Å². The summed E-state index contributed by atoms with van der Waals surface area (Å²) in [6.07, 6.45) is 2.95. The van der Waals surface area contributed by atoms with Crippen molar-refractivity contribution in [2.24, 2.45) is 0 Å². The minimum atomic E-state index is -3.53. The molecule has 0 heterocycles. The molecule has 0 atom stereocenters. The molecule has 0 aliphatic carbocycles. The van der Waals surface area contributed by atoms with Crippen LogP contribution in [0, 0.1) is 17.0 Å². The Hall–Kier alpha value is -2.94. The molecule has 2 rings (SSSR count). The van der Waals surface area contributed by atoms with Crippen molar-refractivity contribution < 1.29 is 18.1 Å². The number of rotatable bonds is 10. The SMILES string of the molecule is Cc1ccc(CCCC(=O)NCCNc2ccc(S(C)(=O)=O)cc2[N+](=O)[O-])cc1. The molecule has 2 aromatic rings. The number of nitro groups is 1. The van der Waals surface area contributed by atoms with E-state index in [1.807, 2.05) is 19.1 Å². The third-order valence-electron chi connectivity index (χ3n) is 4.35. The lowest BCUT2D eigenvalue weighted by Crippen LogP contribution is -2.28. The Balaban J connectivity index is 1.77. The molecule has 0 bridgehead atoms. The second-order valence-corrected chi connectivity index (χ2v) is 8.84. The van der Waals surface area contributed by atoms with Gasteiger partial charge in [-0.25, -0.2) is 8.42 Å². The fraction of sp³-hybridized carbons (Fsp3) is 0.350. The summed E-state index contributed by atoms with van der Waals surface area (Å²) in [5, 5.41) is 16.8. The third kappa shape index (κ3) is 7.19. The normalized spacial score (nSPS) is 11.1. The van der Waals surface area contributed by atoms with Crippen LogP contribution in [0.25, 0.3) is 0 Å². The number of sulfone groups is 1. The van der Waals surface area contributed by atoms with Crippen LogP contribution in [0.1, 0.15) is 24.0 Å². The molecule has 0 aliphatic rings. The van der Waals surface area contributed by atoms with E-state index in [1.54, 1.807) is 0 Å². The number of anilines is 1. The molecule has 0 spiro atoms. The maximum absolute atomic E-state index is 11.9. The number of nitro benzene ring substituents is 1. The first kappa shape index (κ1) is 22.4. The third-order valence-corrected chi connectivity index (χ3v) is 5.46. The van der Waals surface area contributed by atoms with Gasteiger partial charge in [-0.05, 0) is 37.5 Å². The van der Waals surface area contributed by atoms with Crippen LogP contribution in [0.4, 0.5) is 11.4 Å². The number of carbonyl (C=O) groups is 1. The number of nitrogens with zero attached hydrogens (tertiary/aromatic N) is 1. The van der Waals surface area contributed by atoms with Crippen molar-refractivity contribution >= 4 is 27.1 Å². The number of amides is 1. The highest BCUT2D eigenvalue weighted by atomic mass is 32.2. The molecule has 2 aromatic carbocycles. The number of aryl methyl sites for hydroxylation is 2. The molecule has 0 radical (unpaired) electrons. The Kier molecular flexibility index (Phi) is 7.72. The first-order valence-electron chi connectivity index (χ1n) is 9.21. The second kappa shape index (κ2) is 10.0. The van der Waals surface area contributed by atoms with Gasteiger partial charge in [-0.1, -0.05) is 29.8 Å². The van der Waals surface area contributed by atoms with Gasteiger partial charge in [-0.2, -0.15) is 0 Å². The summed E-state index contributed by atoms with van der Waals surface area (Å²) in [4.78, 5) is 22.4. The number of hydrogen-bond acceptors (Lipinski definition) is 6. The molecule has 1 amide bonds. The molecule has 0 unspecified atom stereocenters. The topological polar surface area (TPSA) is 118 Å². The van der Waals surface area contributed by atoms with Crippen molar-refractivity contribution in [3.63, 3.8) is 0 Å². The zero-order valence-corrected chi connectivity index (χ0v) is 17.3. The van der Waals surface area contributed by atoms with Crippen LogP contribution < -0.4 is 10.6 Å². The van der Waals surface area contributed by atoms with Crippen molar-refractivity contribution in [3.05, 3.63) is 63.7 Å². The van der Waals surface area contributed by atoms with Gasteiger partial charge in [0.15, 0.2) is 9.84 Å². The quantitative estimate of drug-likeness (QED) is 0.347. The number of benzene rings is 2. The summed E-state index contributed by atoms with van der Waals surface area (Å²) >= 11 is 0. The molecular formula is C20H25N3O5S. The molecule has 0 saturated carbocycles. The first-order valence-corrected chi connectivity index (χ1v) is 11.1. The summed E-state index contributed by atoms with van der Waals surface area (Å²) in [5.41, 5.74) is 2.27. The van der Waals surface area contributed by atoms with Crippen molar-refractivity contribution in [2.75, 3.05) is 24.7 Å². The Labute approximate surface area is 170 Å². The Morgan fingerprint density at radius 2 is 1.79 bits per heavy atom. The fourth-order valence-corrected chi connectivity index (χ4v) is 3.38. The van der Waals surface area contributed by atoms with Crippen molar-refractivity contribution in [1.29, 1.82) is 0 Å². The molecule has 8 nitrogen and oxygen atoms in total. The van der Waals surface area contributed by atoms with Gasteiger partial charge in [0.2, 0.25) is 5.91 Å². The van der Waals surface area contributed by atoms with Crippen LogP contribution in [-0.2, 0) is 21.1 Å². The summed E-state index contributed by atoms with van der Waals surface area (Å²) in [7, 11) is -3.53. The van der Waals surface area contributed by atoms with Gasteiger partial charge >= 0.3 is 0 Å². The first-order chi connectivity index (χ1) is 13.7. The second-order valence-electron chi connectivity index (χ2n) is 6.82. The predicted octanol–water partition coefficient (Wildman–Crippen LogP) is 2.86. The van der Waals surface area contributed by atoms with Crippen LogP contribution in [0.3, 0.4) is 0 Å². The van der Waals surface area contributed by atoms with E-state index in [0.29, 0.717) is 13.0 Å². The molecule has 29 heavy (non-hydrogen) atoms. The van der Waals surface area contributed by atoms with Crippen molar-refractivity contribution in [2.45, 2.75) is 31.1 Å². The van der Waals surface area contributed by atoms with Gasteiger partial charge < -0.3 is 10.6 Å². The minimum absolute atomic E-state index is 0.0826. The predicted molar refractivity (Wildman–Crippen MR) is 112 cm³/mol. The summed E-state index contributed by atoms with van der Waals surface area (Å²) in [6.45, 7) is 2.61. The highest BCUT2D eigenvalue weighted by molar-refractivity contribution is 7.90. The molecule has 156 valence electrons. The van der Waals surface area contributed by atoms with E-state index in [9.17, 15) is 23.3 Å². The van der Waals surface area contributed by atoms with Crippen molar-refractivity contribution in [3.8, 4) is 0 Å². The van der Waals surface area contributed by atoms with Crippen LogP contribution in [-0.4, -0.2) is 38.6 Å². The maximum atomic E-state index is 11.9. The van der Waals surface area contributed by atoms with Crippen LogP contribution in [0.2, 0.25) is 0 Å². The Morgan fingerprint density at radius 1 is 1.10 bits per heavy atom. The maximum Gasteiger partial charge on any atom is 0.293 e. The fourth-order valence-electron chi connectivity index (χ4n) is 2.74. The van der Waals surface area contributed by atoms with E-state index in [0.717, 1.165) is 25.2 Å². The standard InChI is InChI=1S/C20H25N3O5S/c1-15-6-8-16(9-7-15)4-3-5-20(24)22-13-12-21-18-11-10-17(29(2,27)28)14-19(18)23(25)26/h6-11,14,21H,3-5,12-13H2,1-2H3,(H,22,24). The molecule has 2 N–H and O–H groups in total. The van der Waals surface area contributed by atoms with Gasteiger partial charge in [0.25, 0.3) is 5.69 Å². The largest absolute Gasteiger partial charge is 0.378 e. The summed E-state index contributed by atoms with van der Waals surface area (Å²) in [6, 6.07) is 11.9. The van der Waals surface area contributed by atoms with E-state index in [4.69, 9.17) is 0 Å². The number of hydrogen-bond donors (Lipinski definition) is 2. The van der Waals surface area contributed by atoms with Gasteiger partial charge in [-0.15, -0.1) is 0 Å². The lowest BCUT2D eigenvalue weighted by molar-refractivity contribution is -0.384.